The molecule has 1 fully saturated rings. The fourth-order valence-electron chi connectivity index (χ4n) is 1.78. The number of ether oxygens (including phenoxy) is 1. The van der Waals surface area contributed by atoms with E-state index in [1.54, 1.807) is 12.1 Å². The number of nitrogens with one attached hydrogen (secondary N) is 1. The van der Waals surface area contributed by atoms with Crippen LogP contribution in [-0.2, 0) is 16.1 Å². The SMILES string of the molecule is O=C(OCc1cccc(Cl)c1)[C@H]1C[C@@H](O)CN1. The zero-order valence-electron chi connectivity index (χ0n) is 9.23. The molecule has 1 aromatic rings. The number of hydrogen-bond donors (Lipinski definition) is 2. The van der Waals surface area contributed by atoms with E-state index in [9.17, 15) is 9.90 Å². The predicted molar refractivity (Wildman–Crippen MR) is 63.7 cm³/mol. The van der Waals surface area contributed by atoms with Crippen LogP contribution in [0.25, 0.3) is 0 Å². The molecular weight excluding hydrogens is 242 g/mol. The molecule has 1 aliphatic rings. The van der Waals surface area contributed by atoms with Gasteiger partial charge in [-0.15, -0.1) is 0 Å². The molecule has 2 atom stereocenters. The second kappa shape index (κ2) is 5.49. The van der Waals surface area contributed by atoms with Gasteiger partial charge in [-0.05, 0) is 17.7 Å². The number of halogens is 1. The van der Waals surface area contributed by atoms with Crippen LogP contribution in [0.2, 0.25) is 5.02 Å². The van der Waals surface area contributed by atoms with Gasteiger partial charge >= 0.3 is 5.97 Å². The van der Waals surface area contributed by atoms with Crippen LogP contribution >= 0.6 is 11.6 Å². The van der Waals surface area contributed by atoms with Crippen molar-refractivity contribution in [2.45, 2.75) is 25.2 Å². The fraction of sp³-hybridized carbons (Fsp3) is 0.417. The number of carbonyl (C=O) groups is 1. The number of esters is 1. The van der Waals surface area contributed by atoms with Crippen LogP contribution in [0.3, 0.4) is 0 Å². The molecule has 1 saturated heterocycles. The Labute approximate surface area is 105 Å². The number of benzene rings is 1. The van der Waals surface area contributed by atoms with Gasteiger partial charge in [-0.25, -0.2) is 0 Å². The standard InChI is InChI=1S/C12H14ClNO3/c13-9-3-1-2-8(4-9)7-17-12(16)11-5-10(15)6-14-11/h1-4,10-11,14-15H,5-7H2/t10-,11-/m1/s1. The Balaban J connectivity index is 1.84. The van der Waals surface area contributed by atoms with Crippen LogP contribution in [0, 0.1) is 0 Å². The molecule has 1 aromatic carbocycles. The van der Waals surface area contributed by atoms with Crippen LogP contribution in [0.1, 0.15) is 12.0 Å². The third-order valence-corrected chi connectivity index (χ3v) is 2.90. The Kier molecular flexibility index (Phi) is 3.99. The number of carbonyl (C=O) groups excluding carboxylic acids is 1. The highest BCUT2D eigenvalue weighted by molar-refractivity contribution is 6.30. The summed E-state index contributed by atoms with van der Waals surface area (Å²) in [6.45, 7) is 0.643. The zero-order chi connectivity index (χ0) is 12.3. The summed E-state index contributed by atoms with van der Waals surface area (Å²) in [7, 11) is 0. The molecule has 0 unspecified atom stereocenters. The fourth-order valence-corrected chi connectivity index (χ4v) is 1.99. The topological polar surface area (TPSA) is 58.6 Å². The van der Waals surface area contributed by atoms with Gasteiger partial charge in [-0.1, -0.05) is 23.7 Å². The average Bonchev–Trinajstić information content (AvgIpc) is 2.73. The van der Waals surface area contributed by atoms with E-state index in [2.05, 4.69) is 5.32 Å². The number of β-amino-alcohol motifs (C(OH)–C–C–N with tert-alkyl or cyclic N) is 1. The van der Waals surface area contributed by atoms with Crippen LogP contribution in [-0.4, -0.2) is 29.8 Å². The van der Waals surface area contributed by atoms with Gasteiger partial charge in [0.05, 0.1) is 6.10 Å². The number of hydrogen-bond acceptors (Lipinski definition) is 4. The van der Waals surface area contributed by atoms with Crippen molar-refractivity contribution in [2.75, 3.05) is 6.54 Å². The van der Waals surface area contributed by atoms with Gasteiger partial charge in [0.25, 0.3) is 0 Å². The molecule has 2 rings (SSSR count). The van der Waals surface area contributed by atoms with Gasteiger partial charge in [0.15, 0.2) is 0 Å². The van der Waals surface area contributed by atoms with E-state index in [0.29, 0.717) is 18.0 Å². The van der Waals surface area contributed by atoms with Gasteiger partial charge in [-0.3, -0.25) is 4.79 Å². The highest BCUT2D eigenvalue weighted by Gasteiger charge is 2.29. The van der Waals surface area contributed by atoms with E-state index in [-0.39, 0.29) is 12.6 Å². The Morgan fingerprint density at radius 2 is 2.41 bits per heavy atom. The van der Waals surface area contributed by atoms with Crippen molar-refractivity contribution in [3.05, 3.63) is 34.9 Å². The third kappa shape index (κ3) is 3.43. The first kappa shape index (κ1) is 12.4. The molecule has 5 heteroatoms. The lowest BCUT2D eigenvalue weighted by Crippen LogP contribution is -2.32. The molecule has 0 amide bonds. The number of rotatable bonds is 3. The summed E-state index contributed by atoms with van der Waals surface area (Å²) in [6, 6.07) is 6.77. The summed E-state index contributed by atoms with van der Waals surface area (Å²) in [5, 5.41) is 12.8. The second-order valence-electron chi connectivity index (χ2n) is 4.09. The largest absolute Gasteiger partial charge is 0.460 e. The van der Waals surface area contributed by atoms with Crippen molar-refractivity contribution in [1.29, 1.82) is 0 Å². The Morgan fingerprint density at radius 3 is 3.06 bits per heavy atom. The summed E-state index contributed by atoms with van der Waals surface area (Å²) in [6.07, 6.45) is -0.0484. The van der Waals surface area contributed by atoms with E-state index >= 15 is 0 Å². The van der Waals surface area contributed by atoms with E-state index in [1.807, 2.05) is 12.1 Å². The first-order valence-corrected chi connectivity index (χ1v) is 5.85. The van der Waals surface area contributed by atoms with Crippen LogP contribution < -0.4 is 5.32 Å². The summed E-state index contributed by atoms with van der Waals surface area (Å²) >= 11 is 5.82. The zero-order valence-corrected chi connectivity index (χ0v) is 9.98. The first-order valence-electron chi connectivity index (χ1n) is 5.47. The lowest BCUT2D eigenvalue weighted by molar-refractivity contribution is -0.147. The van der Waals surface area contributed by atoms with E-state index in [0.717, 1.165) is 5.56 Å². The minimum atomic E-state index is -0.460. The normalized spacial score (nSPS) is 23.6. The van der Waals surface area contributed by atoms with E-state index in [1.165, 1.54) is 0 Å². The maximum atomic E-state index is 11.6. The smallest absolute Gasteiger partial charge is 0.323 e. The van der Waals surface area contributed by atoms with Crippen molar-refractivity contribution in [2.24, 2.45) is 0 Å². The highest BCUT2D eigenvalue weighted by atomic mass is 35.5. The Hall–Kier alpha value is -1.10. The van der Waals surface area contributed by atoms with E-state index < -0.39 is 12.1 Å². The molecule has 0 radical (unpaired) electrons. The summed E-state index contributed by atoms with van der Waals surface area (Å²) < 4.78 is 5.14. The minimum absolute atomic E-state index is 0.202. The predicted octanol–water partition coefficient (Wildman–Crippen LogP) is 1.11. The third-order valence-electron chi connectivity index (χ3n) is 2.66. The van der Waals surface area contributed by atoms with Crippen molar-refractivity contribution < 1.29 is 14.6 Å². The van der Waals surface area contributed by atoms with Gasteiger partial charge in [0.1, 0.15) is 12.6 Å². The molecular formula is C12H14ClNO3. The molecule has 1 aliphatic heterocycles. The van der Waals surface area contributed by atoms with E-state index in [4.69, 9.17) is 16.3 Å². The average molecular weight is 256 g/mol. The summed E-state index contributed by atoms with van der Waals surface area (Å²) in [5.74, 6) is -0.332. The van der Waals surface area contributed by atoms with Crippen LogP contribution in [0.5, 0.6) is 0 Å². The molecule has 4 nitrogen and oxygen atoms in total. The Bertz CT molecular complexity index is 410. The maximum absolute atomic E-state index is 11.6. The molecule has 92 valence electrons. The quantitative estimate of drug-likeness (QED) is 0.795. The lowest BCUT2D eigenvalue weighted by atomic mass is 10.2. The van der Waals surface area contributed by atoms with Crippen molar-refractivity contribution >= 4 is 17.6 Å². The highest BCUT2D eigenvalue weighted by Crippen LogP contribution is 2.13. The van der Waals surface area contributed by atoms with Gasteiger partial charge < -0.3 is 15.2 Å². The molecule has 0 aromatic heterocycles. The molecule has 0 aliphatic carbocycles. The number of aliphatic hydroxyl groups excluding tert-OH is 1. The molecule has 0 saturated carbocycles. The number of aliphatic hydroxyl groups is 1. The van der Waals surface area contributed by atoms with Crippen LogP contribution in [0.15, 0.2) is 24.3 Å². The van der Waals surface area contributed by atoms with Crippen molar-refractivity contribution in [3.63, 3.8) is 0 Å². The van der Waals surface area contributed by atoms with Gasteiger partial charge in [0.2, 0.25) is 0 Å². The molecule has 17 heavy (non-hydrogen) atoms. The summed E-state index contributed by atoms with van der Waals surface area (Å²) in [4.78, 5) is 11.6. The summed E-state index contributed by atoms with van der Waals surface area (Å²) in [5.41, 5.74) is 0.851. The monoisotopic (exact) mass is 255 g/mol. The minimum Gasteiger partial charge on any atom is -0.460 e. The first-order chi connectivity index (χ1) is 8.15. The maximum Gasteiger partial charge on any atom is 0.323 e. The van der Waals surface area contributed by atoms with Crippen LogP contribution in [0.4, 0.5) is 0 Å². The Morgan fingerprint density at radius 1 is 1.59 bits per heavy atom. The molecule has 2 N–H and O–H groups in total. The second-order valence-corrected chi connectivity index (χ2v) is 4.52. The van der Waals surface area contributed by atoms with Crippen molar-refractivity contribution in [3.8, 4) is 0 Å². The van der Waals surface area contributed by atoms with Gasteiger partial charge in [0, 0.05) is 18.0 Å². The molecule has 0 bridgehead atoms. The van der Waals surface area contributed by atoms with Crippen molar-refractivity contribution in [1.82, 2.24) is 5.32 Å². The molecule has 1 heterocycles. The molecule has 0 spiro atoms. The lowest BCUT2D eigenvalue weighted by Gasteiger charge is -2.10. The van der Waals surface area contributed by atoms with Gasteiger partial charge in [-0.2, -0.15) is 0 Å².